The van der Waals surface area contributed by atoms with E-state index in [0.29, 0.717) is 16.4 Å². The van der Waals surface area contributed by atoms with Crippen molar-refractivity contribution in [2.75, 3.05) is 5.75 Å². The number of rotatable bonds is 6. The van der Waals surface area contributed by atoms with Crippen molar-refractivity contribution >= 4 is 17.7 Å². The van der Waals surface area contributed by atoms with Crippen molar-refractivity contribution in [3.05, 3.63) is 47.9 Å². The van der Waals surface area contributed by atoms with E-state index >= 15 is 0 Å². The number of carboxylic acid groups (broad SMARTS) is 1. The zero-order chi connectivity index (χ0) is 13.7. The zero-order valence-electron chi connectivity index (χ0n) is 10.5. The molecule has 0 unspecified atom stereocenters. The molecular formula is C14H14O4S. The van der Waals surface area contributed by atoms with Crippen LogP contribution in [0.4, 0.5) is 0 Å². The molecule has 2 aromatic rings. The first-order chi connectivity index (χ1) is 9.22. The number of carbonyl (C=O) groups is 1. The lowest BCUT2D eigenvalue weighted by molar-refractivity contribution is 0.0687. The number of aromatic carboxylic acids is 1. The highest BCUT2D eigenvalue weighted by molar-refractivity contribution is 7.99. The monoisotopic (exact) mass is 278 g/mol. The summed E-state index contributed by atoms with van der Waals surface area (Å²) in [7, 11) is 0. The number of thioether (sulfide) groups is 1. The second kappa shape index (κ2) is 6.33. The van der Waals surface area contributed by atoms with E-state index in [1.807, 2.05) is 6.92 Å². The smallest absolute Gasteiger partial charge is 0.340 e. The van der Waals surface area contributed by atoms with Crippen LogP contribution in [-0.2, 0) is 6.61 Å². The molecule has 0 atom stereocenters. The average molecular weight is 278 g/mol. The second-order valence-corrected chi connectivity index (χ2v) is 5.04. The van der Waals surface area contributed by atoms with Crippen LogP contribution in [-0.4, -0.2) is 16.8 Å². The molecule has 1 N–H and O–H groups in total. The minimum absolute atomic E-state index is 0.209. The summed E-state index contributed by atoms with van der Waals surface area (Å²) in [6, 6.07) is 8.79. The molecule has 100 valence electrons. The number of hydrogen-bond acceptors (Lipinski definition) is 4. The maximum Gasteiger partial charge on any atom is 0.340 e. The largest absolute Gasteiger partial charge is 0.485 e. The van der Waals surface area contributed by atoms with Gasteiger partial charge in [-0.1, -0.05) is 13.0 Å². The maximum atomic E-state index is 11.4. The summed E-state index contributed by atoms with van der Waals surface area (Å²) in [5.74, 6) is 0.847. The van der Waals surface area contributed by atoms with Gasteiger partial charge in [0.1, 0.15) is 23.7 Å². The first-order valence-corrected chi connectivity index (χ1v) is 6.85. The van der Waals surface area contributed by atoms with E-state index in [1.54, 1.807) is 36.6 Å². The Kier molecular flexibility index (Phi) is 4.52. The fraction of sp³-hybridized carbons (Fsp3) is 0.214. The average Bonchev–Trinajstić information content (AvgIpc) is 2.89. The zero-order valence-corrected chi connectivity index (χ0v) is 11.3. The van der Waals surface area contributed by atoms with Crippen LogP contribution in [0.1, 0.15) is 23.0 Å². The van der Waals surface area contributed by atoms with Gasteiger partial charge in [-0.15, -0.1) is 11.8 Å². The van der Waals surface area contributed by atoms with Crippen LogP contribution in [0.2, 0.25) is 0 Å². The van der Waals surface area contributed by atoms with Gasteiger partial charge in [0.15, 0.2) is 0 Å². The second-order valence-electron chi connectivity index (χ2n) is 3.74. The Hall–Kier alpha value is -1.88. The highest BCUT2D eigenvalue weighted by Gasteiger charge is 2.17. The molecule has 2 rings (SSSR count). The van der Waals surface area contributed by atoms with Crippen molar-refractivity contribution in [2.45, 2.75) is 18.4 Å². The molecule has 5 heteroatoms. The summed E-state index contributed by atoms with van der Waals surface area (Å²) in [4.78, 5) is 12.1. The van der Waals surface area contributed by atoms with E-state index < -0.39 is 5.97 Å². The molecule has 0 aliphatic carbocycles. The predicted octanol–water partition coefficient (Wildman–Crippen LogP) is 3.67. The molecule has 1 aromatic carbocycles. The highest BCUT2D eigenvalue weighted by atomic mass is 32.2. The summed E-state index contributed by atoms with van der Waals surface area (Å²) < 4.78 is 10.7. The third-order valence-corrected chi connectivity index (χ3v) is 3.39. The Morgan fingerprint density at radius 3 is 2.84 bits per heavy atom. The van der Waals surface area contributed by atoms with E-state index in [2.05, 4.69) is 0 Å². The van der Waals surface area contributed by atoms with Crippen LogP contribution in [0.15, 0.2) is 45.9 Å². The van der Waals surface area contributed by atoms with Gasteiger partial charge < -0.3 is 14.3 Å². The Labute approximate surface area is 115 Å². The summed E-state index contributed by atoms with van der Waals surface area (Å²) in [6.07, 6.45) is 1.56. The van der Waals surface area contributed by atoms with Gasteiger partial charge in [0.25, 0.3) is 0 Å². The standard InChI is InChI=1S/C14H14O4S/c1-2-19-12-7-3-6-11(13(12)14(15)16)18-9-10-5-4-8-17-10/h3-8H,2,9H2,1H3,(H,15,16). The fourth-order valence-corrected chi connectivity index (χ4v) is 2.48. The normalized spacial score (nSPS) is 10.4. The van der Waals surface area contributed by atoms with Crippen molar-refractivity contribution in [2.24, 2.45) is 0 Å². The number of ether oxygens (including phenoxy) is 1. The molecule has 0 aliphatic rings. The van der Waals surface area contributed by atoms with Gasteiger partial charge in [-0.05, 0) is 30.0 Å². The number of carboxylic acids is 1. The molecule has 1 heterocycles. The van der Waals surface area contributed by atoms with Gasteiger partial charge in [-0.2, -0.15) is 0 Å². The van der Waals surface area contributed by atoms with Crippen molar-refractivity contribution in [3.63, 3.8) is 0 Å². The lowest BCUT2D eigenvalue weighted by Gasteiger charge is -2.11. The third kappa shape index (κ3) is 3.32. The van der Waals surface area contributed by atoms with Crippen molar-refractivity contribution < 1.29 is 19.1 Å². The van der Waals surface area contributed by atoms with E-state index in [-0.39, 0.29) is 12.2 Å². The van der Waals surface area contributed by atoms with E-state index in [0.717, 1.165) is 5.75 Å². The molecule has 1 aromatic heterocycles. The first kappa shape index (κ1) is 13.5. The third-order valence-electron chi connectivity index (χ3n) is 2.45. The fourth-order valence-electron chi connectivity index (χ4n) is 1.66. The summed E-state index contributed by atoms with van der Waals surface area (Å²) in [5.41, 5.74) is 0.209. The molecule has 0 aliphatic heterocycles. The van der Waals surface area contributed by atoms with Gasteiger partial charge in [0.2, 0.25) is 0 Å². The van der Waals surface area contributed by atoms with Crippen LogP contribution >= 0.6 is 11.8 Å². The molecule has 19 heavy (non-hydrogen) atoms. The molecule has 0 saturated carbocycles. The predicted molar refractivity (Wildman–Crippen MR) is 72.8 cm³/mol. The number of benzene rings is 1. The minimum atomic E-state index is -0.981. The number of furan rings is 1. The van der Waals surface area contributed by atoms with Gasteiger partial charge >= 0.3 is 5.97 Å². The summed E-state index contributed by atoms with van der Waals surface area (Å²) in [6.45, 7) is 2.19. The van der Waals surface area contributed by atoms with E-state index in [9.17, 15) is 9.90 Å². The van der Waals surface area contributed by atoms with Gasteiger partial charge in [0, 0.05) is 4.90 Å². The lowest BCUT2D eigenvalue weighted by Crippen LogP contribution is -2.05. The molecular weight excluding hydrogens is 264 g/mol. The minimum Gasteiger partial charge on any atom is -0.485 e. The van der Waals surface area contributed by atoms with Crippen molar-refractivity contribution in [3.8, 4) is 5.75 Å². The van der Waals surface area contributed by atoms with Crippen LogP contribution in [0.5, 0.6) is 5.75 Å². The number of hydrogen-bond donors (Lipinski definition) is 1. The molecule has 0 amide bonds. The Morgan fingerprint density at radius 2 is 2.21 bits per heavy atom. The van der Waals surface area contributed by atoms with Crippen LogP contribution in [0.3, 0.4) is 0 Å². The molecule has 0 radical (unpaired) electrons. The lowest BCUT2D eigenvalue weighted by atomic mass is 10.2. The first-order valence-electron chi connectivity index (χ1n) is 5.86. The Balaban J connectivity index is 2.23. The summed E-state index contributed by atoms with van der Waals surface area (Å²) in [5, 5.41) is 9.31. The van der Waals surface area contributed by atoms with Crippen molar-refractivity contribution in [1.29, 1.82) is 0 Å². The highest BCUT2D eigenvalue weighted by Crippen LogP contribution is 2.30. The van der Waals surface area contributed by atoms with Gasteiger partial charge in [-0.25, -0.2) is 4.79 Å². The van der Waals surface area contributed by atoms with Crippen LogP contribution in [0, 0.1) is 0 Å². The Bertz CT molecular complexity index is 549. The molecule has 4 nitrogen and oxygen atoms in total. The summed E-state index contributed by atoms with van der Waals surface area (Å²) >= 11 is 1.48. The maximum absolute atomic E-state index is 11.4. The quantitative estimate of drug-likeness (QED) is 0.817. The topological polar surface area (TPSA) is 59.7 Å². The molecule has 0 spiro atoms. The molecule has 0 saturated heterocycles. The molecule has 0 fully saturated rings. The molecule has 0 bridgehead atoms. The van der Waals surface area contributed by atoms with E-state index in [1.165, 1.54) is 11.8 Å². The Morgan fingerprint density at radius 1 is 1.37 bits per heavy atom. The van der Waals surface area contributed by atoms with Crippen LogP contribution < -0.4 is 4.74 Å². The van der Waals surface area contributed by atoms with Gasteiger partial charge in [-0.3, -0.25) is 0 Å². The van der Waals surface area contributed by atoms with Crippen molar-refractivity contribution in [1.82, 2.24) is 0 Å². The van der Waals surface area contributed by atoms with Gasteiger partial charge in [0.05, 0.1) is 6.26 Å². The SMILES string of the molecule is CCSc1cccc(OCc2ccco2)c1C(=O)O. The van der Waals surface area contributed by atoms with Crippen LogP contribution in [0.25, 0.3) is 0 Å². The van der Waals surface area contributed by atoms with E-state index in [4.69, 9.17) is 9.15 Å².